The van der Waals surface area contributed by atoms with Crippen molar-refractivity contribution < 1.29 is 4.79 Å². The highest BCUT2D eigenvalue weighted by Crippen LogP contribution is 2.22. The van der Waals surface area contributed by atoms with Crippen LogP contribution < -0.4 is 11.1 Å². The Balaban J connectivity index is 1.87. The molecular formula is C16H14BrN3O. The number of nitrogen functional groups attached to an aromatic ring is 1. The van der Waals surface area contributed by atoms with Crippen molar-refractivity contribution >= 4 is 44.1 Å². The van der Waals surface area contributed by atoms with E-state index in [1.807, 2.05) is 37.3 Å². The molecule has 1 heterocycles. The molecule has 0 saturated heterocycles. The minimum Gasteiger partial charge on any atom is -0.399 e. The number of carbonyl (C=O) groups is 1. The van der Waals surface area contributed by atoms with Crippen molar-refractivity contribution in [2.75, 3.05) is 11.1 Å². The number of halogens is 1. The van der Waals surface area contributed by atoms with Crippen LogP contribution >= 0.6 is 15.9 Å². The van der Waals surface area contributed by atoms with Gasteiger partial charge in [0.1, 0.15) is 5.69 Å². The molecule has 3 rings (SSSR count). The summed E-state index contributed by atoms with van der Waals surface area (Å²) in [5.74, 6) is -0.180. The van der Waals surface area contributed by atoms with Gasteiger partial charge >= 0.3 is 0 Å². The summed E-state index contributed by atoms with van der Waals surface area (Å²) in [7, 11) is 0. The van der Waals surface area contributed by atoms with E-state index in [0.29, 0.717) is 11.4 Å². The maximum Gasteiger partial charge on any atom is 0.272 e. The second-order valence-corrected chi connectivity index (χ2v) is 5.80. The number of H-pyrrole nitrogens is 1. The van der Waals surface area contributed by atoms with Gasteiger partial charge in [-0.3, -0.25) is 4.79 Å². The number of aryl methyl sites for hydroxylation is 1. The van der Waals surface area contributed by atoms with E-state index in [-0.39, 0.29) is 5.91 Å². The largest absolute Gasteiger partial charge is 0.399 e. The number of aromatic amines is 1. The number of hydrogen-bond acceptors (Lipinski definition) is 2. The van der Waals surface area contributed by atoms with Crippen LogP contribution in [0.15, 0.2) is 46.9 Å². The fourth-order valence-corrected chi connectivity index (χ4v) is 2.52. The Morgan fingerprint density at radius 1 is 1.19 bits per heavy atom. The Morgan fingerprint density at radius 3 is 2.76 bits per heavy atom. The zero-order chi connectivity index (χ0) is 15.0. The molecule has 0 aliphatic rings. The summed E-state index contributed by atoms with van der Waals surface area (Å²) in [4.78, 5) is 15.4. The van der Waals surface area contributed by atoms with Gasteiger partial charge < -0.3 is 16.0 Å². The van der Waals surface area contributed by atoms with E-state index in [9.17, 15) is 4.79 Å². The first-order valence-electron chi connectivity index (χ1n) is 6.49. The molecule has 0 saturated carbocycles. The second kappa shape index (κ2) is 5.26. The van der Waals surface area contributed by atoms with Crippen molar-refractivity contribution in [3.63, 3.8) is 0 Å². The fraction of sp³-hybridized carbons (Fsp3) is 0.0625. The van der Waals surface area contributed by atoms with Crippen LogP contribution in [-0.4, -0.2) is 10.9 Å². The van der Waals surface area contributed by atoms with Crippen molar-refractivity contribution in [1.82, 2.24) is 4.98 Å². The second-order valence-electron chi connectivity index (χ2n) is 4.95. The normalized spacial score (nSPS) is 10.8. The lowest BCUT2D eigenvalue weighted by molar-refractivity contribution is 0.102. The zero-order valence-corrected chi connectivity index (χ0v) is 13.0. The third-order valence-electron chi connectivity index (χ3n) is 3.32. The molecule has 0 fully saturated rings. The summed E-state index contributed by atoms with van der Waals surface area (Å²) >= 11 is 3.46. The van der Waals surface area contributed by atoms with Crippen LogP contribution in [0.25, 0.3) is 10.9 Å². The number of anilines is 2. The van der Waals surface area contributed by atoms with Gasteiger partial charge in [0.2, 0.25) is 0 Å². The minimum absolute atomic E-state index is 0.180. The molecule has 1 amide bonds. The molecule has 4 nitrogen and oxygen atoms in total. The number of rotatable bonds is 2. The molecule has 0 aliphatic carbocycles. The molecule has 0 unspecified atom stereocenters. The monoisotopic (exact) mass is 343 g/mol. The number of nitrogens with two attached hydrogens (primary N) is 1. The van der Waals surface area contributed by atoms with Crippen LogP contribution in [0.3, 0.4) is 0 Å². The Bertz CT molecular complexity index is 839. The van der Waals surface area contributed by atoms with E-state index in [1.54, 1.807) is 12.1 Å². The highest BCUT2D eigenvalue weighted by atomic mass is 79.9. The van der Waals surface area contributed by atoms with Crippen LogP contribution in [-0.2, 0) is 0 Å². The third-order valence-corrected chi connectivity index (χ3v) is 4.17. The standard InChI is InChI=1S/C16H14BrN3O/c1-9-2-4-12(8-13(9)17)19-16(21)15-7-10-6-11(18)3-5-14(10)20-15/h2-8,20H,18H2,1H3,(H,19,21). The first kappa shape index (κ1) is 13.7. The quantitative estimate of drug-likeness (QED) is 0.613. The zero-order valence-electron chi connectivity index (χ0n) is 11.4. The Hall–Kier alpha value is -2.27. The molecule has 5 heteroatoms. The van der Waals surface area contributed by atoms with Gasteiger partial charge in [-0.05, 0) is 48.9 Å². The first-order chi connectivity index (χ1) is 10.0. The SMILES string of the molecule is Cc1ccc(NC(=O)c2cc3cc(N)ccc3[nH]2)cc1Br. The van der Waals surface area contributed by atoms with Gasteiger partial charge in [0.25, 0.3) is 5.91 Å². The summed E-state index contributed by atoms with van der Waals surface area (Å²) in [6, 6.07) is 13.0. The van der Waals surface area contributed by atoms with Crippen molar-refractivity contribution in [3.05, 3.63) is 58.2 Å². The van der Waals surface area contributed by atoms with Crippen molar-refractivity contribution in [1.29, 1.82) is 0 Å². The number of benzene rings is 2. The van der Waals surface area contributed by atoms with Crippen LogP contribution in [0.5, 0.6) is 0 Å². The average molecular weight is 344 g/mol. The van der Waals surface area contributed by atoms with E-state index >= 15 is 0 Å². The molecular weight excluding hydrogens is 330 g/mol. The lowest BCUT2D eigenvalue weighted by Gasteiger charge is -2.05. The summed E-state index contributed by atoms with van der Waals surface area (Å²) in [6.45, 7) is 2.00. The molecule has 3 aromatic rings. The van der Waals surface area contributed by atoms with E-state index < -0.39 is 0 Å². The molecule has 1 aromatic heterocycles. The van der Waals surface area contributed by atoms with E-state index in [2.05, 4.69) is 26.2 Å². The van der Waals surface area contributed by atoms with Gasteiger partial charge in [-0.25, -0.2) is 0 Å². The predicted octanol–water partition coefficient (Wildman–Crippen LogP) is 4.07. The predicted molar refractivity (Wildman–Crippen MR) is 89.5 cm³/mol. The molecule has 106 valence electrons. The molecule has 21 heavy (non-hydrogen) atoms. The number of hydrogen-bond donors (Lipinski definition) is 3. The van der Waals surface area contributed by atoms with E-state index in [0.717, 1.165) is 26.6 Å². The van der Waals surface area contributed by atoms with Gasteiger partial charge in [0, 0.05) is 26.8 Å². The highest BCUT2D eigenvalue weighted by molar-refractivity contribution is 9.10. The molecule has 0 bridgehead atoms. The van der Waals surface area contributed by atoms with Gasteiger partial charge in [-0.1, -0.05) is 22.0 Å². The van der Waals surface area contributed by atoms with Crippen LogP contribution in [0.2, 0.25) is 0 Å². The highest BCUT2D eigenvalue weighted by Gasteiger charge is 2.10. The minimum atomic E-state index is -0.180. The van der Waals surface area contributed by atoms with E-state index in [4.69, 9.17) is 5.73 Å². The Labute approximate surface area is 130 Å². The number of carbonyl (C=O) groups excluding carboxylic acids is 1. The lowest BCUT2D eigenvalue weighted by Crippen LogP contribution is -2.12. The number of nitrogens with one attached hydrogen (secondary N) is 2. The smallest absolute Gasteiger partial charge is 0.272 e. The average Bonchev–Trinajstić information content (AvgIpc) is 2.86. The third kappa shape index (κ3) is 2.78. The van der Waals surface area contributed by atoms with Gasteiger partial charge in [-0.15, -0.1) is 0 Å². The van der Waals surface area contributed by atoms with Crippen molar-refractivity contribution in [3.8, 4) is 0 Å². The maximum absolute atomic E-state index is 12.3. The number of aromatic nitrogens is 1. The van der Waals surface area contributed by atoms with Crippen LogP contribution in [0.4, 0.5) is 11.4 Å². The number of fused-ring (bicyclic) bond motifs is 1. The molecule has 0 aliphatic heterocycles. The first-order valence-corrected chi connectivity index (χ1v) is 7.28. The van der Waals surface area contributed by atoms with Gasteiger partial charge in [0.05, 0.1) is 0 Å². The summed E-state index contributed by atoms with van der Waals surface area (Å²) in [5, 5.41) is 3.79. The summed E-state index contributed by atoms with van der Waals surface area (Å²) in [5.41, 5.74) is 9.68. The topological polar surface area (TPSA) is 70.9 Å². The van der Waals surface area contributed by atoms with Crippen LogP contribution in [0.1, 0.15) is 16.1 Å². The molecule has 0 atom stereocenters. The fourth-order valence-electron chi connectivity index (χ4n) is 2.14. The van der Waals surface area contributed by atoms with Gasteiger partial charge in [0.15, 0.2) is 0 Å². The summed E-state index contributed by atoms with van der Waals surface area (Å²) < 4.78 is 0.963. The van der Waals surface area contributed by atoms with Crippen LogP contribution in [0, 0.1) is 6.92 Å². The van der Waals surface area contributed by atoms with Gasteiger partial charge in [-0.2, -0.15) is 0 Å². The van der Waals surface area contributed by atoms with Crippen molar-refractivity contribution in [2.24, 2.45) is 0 Å². The van der Waals surface area contributed by atoms with E-state index in [1.165, 1.54) is 0 Å². The Morgan fingerprint density at radius 2 is 2.00 bits per heavy atom. The molecule has 4 N–H and O–H groups in total. The molecule has 0 spiro atoms. The Kier molecular flexibility index (Phi) is 3.43. The lowest BCUT2D eigenvalue weighted by atomic mass is 10.2. The maximum atomic E-state index is 12.3. The molecule has 2 aromatic carbocycles. The summed E-state index contributed by atoms with van der Waals surface area (Å²) in [6.07, 6.45) is 0. The van der Waals surface area contributed by atoms with Crippen molar-refractivity contribution in [2.45, 2.75) is 6.92 Å². The number of amides is 1. The molecule has 0 radical (unpaired) electrons.